The van der Waals surface area contributed by atoms with Crippen molar-refractivity contribution in [3.63, 3.8) is 0 Å². The number of phosphoric ester groups is 1. The van der Waals surface area contributed by atoms with Gasteiger partial charge >= 0.3 is 19.8 Å². The molecule has 0 aromatic rings. The molecule has 1 unspecified atom stereocenters. The summed E-state index contributed by atoms with van der Waals surface area (Å²) in [4.78, 5) is 62.2. The molecule has 0 bridgehead atoms. The molecule has 4 rings (SSSR count). The van der Waals surface area contributed by atoms with Crippen LogP contribution in [0.15, 0.2) is 23.8 Å². The fourth-order valence-electron chi connectivity index (χ4n) is 13.3. The van der Waals surface area contributed by atoms with E-state index >= 15 is 0 Å². The lowest BCUT2D eigenvalue weighted by Crippen LogP contribution is -2.66. The van der Waals surface area contributed by atoms with Gasteiger partial charge in [-0.1, -0.05) is 155 Å². The Kier molecular flexibility index (Phi) is 25.3. The van der Waals surface area contributed by atoms with Crippen LogP contribution in [0, 0.1) is 34.0 Å². The standard InChI is InChI=1S/C57H98NO13P/c1-9-10-11-12-13-14-15-16-17-18-19-20-21-25-28-36-67-41-46(42-70-72(65,66)69-37-35-58(6,7)8)71-52(63)30-27-24-22-23-26-29-51(62)68-43-50(61)57(64)34-32-49-55(4)39-44(2)47-38-45(59)31-33-54(47,3)53(55)48(60)40-56(49,57)5/h31,33,38,44,46,48-49,53,60,64H,9-30,32,34-37,39-43H2,1-8H3/p+1/t44-,46-,48-,49-,53+,54-,55-,56-,57-/m1/s1. The number of hydrogen-bond donors (Lipinski definition) is 3. The zero-order chi connectivity index (χ0) is 53.1. The molecule has 0 heterocycles. The number of quaternary nitrogens is 1. The number of likely N-dealkylation sites (N-methyl/N-ethyl adjacent to an activating group) is 1. The Balaban J connectivity index is 1.11. The van der Waals surface area contributed by atoms with E-state index in [2.05, 4.69) is 27.7 Å². The highest BCUT2D eigenvalue weighted by molar-refractivity contribution is 7.47. The molecule has 3 saturated carbocycles. The van der Waals surface area contributed by atoms with Gasteiger partial charge in [-0.05, 0) is 74.3 Å². The molecule has 4 aliphatic carbocycles. The number of allylic oxidation sites excluding steroid dienone is 4. The number of aliphatic hydroxyl groups is 2. The van der Waals surface area contributed by atoms with Crippen molar-refractivity contribution in [1.29, 1.82) is 0 Å². The summed E-state index contributed by atoms with van der Waals surface area (Å²) in [6, 6.07) is 0. The molecule has 0 aromatic carbocycles. The largest absolute Gasteiger partial charge is 0.472 e. The Labute approximate surface area is 434 Å². The number of ether oxygens (including phenoxy) is 3. The summed E-state index contributed by atoms with van der Waals surface area (Å²) in [5.74, 6) is -1.69. The predicted octanol–water partition coefficient (Wildman–Crippen LogP) is 11.1. The summed E-state index contributed by atoms with van der Waals surface area (Å²) in [7, 11) is 1.46. The number of nitrogens with zero attached hydrogens (tertiary/aromatic N) is 1. The number of fused-ring (bicyclic) bond motifs is 5. The maximum atomic E-state index is 13.8. The zero-order valence-electron chi connectivity index (χ0n) is 46.1. The number of esters is 2. The Hall–Kier alpha value is -2.29. The maximum Gasteiger partial charge on any atom is 0.472 e. The van der Waals surface area contributed by atoms with Crippen LogP contribution in [0.25, 0.3) is 0 Å². The Morgan fingerprint density at radius 2 is 1.33 bits per heavy atom. The molecule has 414 valence electrons. The van der Waals surface area contributed by atoms with Gasteiger partial charge in [0.1, 0.15) is 24.9 Å². The van der Waals surface area contributed by atoms with Crippen LogP contribution in [0.2, 0.25) is 0 Å². The van der Waals surface area contributed by atoms with Gasteiger partial charge in [-0.2, -0.15) is 0 Å². The van der Waals surface area contributed by atoms with E-state index in [4.69, 9.17) is 23.3 Å². The monoisotopic (exact) mass is 1040 g/mol. The molecular weight excluding hydrogens is 938 g/mol. The van der Waals surface area contributed by atoms with E-state index in [-0.39, 0.29) is 69.0 Å². The first-order valence-corrected chi connectivity index (χ1v) is 29.7. The summed E-state index contributed by atoms with van der Waals surface area (Å²) >= 11 is 0. The van der Waals surface area contributed by atoms with Crippen molar-refractivity contribution >= 4 is 31.3 Å². The lowest BCUT2D eigenvalue weighted by Gasteiger charge is -2.66. The van der Waals surface area contributed by atoms with Crippen LogP contribution in [0.3, 0.4) is 0 Å². The molecule has 72 heavy (non-hydrogen) atoms. The van der Waals surface area contributed by atoms with E-state index < -0.39 is 66.2 Å². The summed E-state index contributed by atoms with van der Waals surface area (Å²) < 4.78 is 40.6. The van der Waals surface area contributed by atoms with Crippen LogP contribution in [-0.4, -0.2) is 122 Å². The number of aliphatic hydroxyl groups excluding tert-OH is 1. The van der Waals surface area contributed by atoms with E-state index in [1.807, 2.05) is 34.1 Å². The molecule has 3 fully saturated rings. The normalized spacial score (nSPS) is 29.2. The van der Waals surface area contributed by atoms with Crippen molar-refractivity contribution in [3.8, 4) is 0 Å². The molecule has 4 aliphatic rings. The molecule has 10 atom stereocenters. The molecule has 0 spiro atoms. The van der Waals surface area contributed by atoms with Gasteiger partial charge in [0, 0.05) is 36.2 Å². The van der Waals surface area contributed by atoms with E-state index in [0.717, 1.165) is 37.7 Å². The van der Waals surface area contributed by atoms with Gasteiger partial charge in [0.05, 0.1) is 40.5 Å². The molecule has 0 aromatic heterocycles. The molecule has 15 heteroatoms. The number of carbonyl (C=O) groups is 4. The molecular formula is C57H99NO13P+. The number of ketones is 2. The second kappa shape index (κ2) is 29.3. The topological polar surface area (TPSA) is 192 Å². The van der Waals surface area contributed by atoms with Crippen LogP contribution >= 0.6 is 7.82 Å². The number of Topliss-reactive ketones (excluding diaryl/α,β-unsaturated/α-hetero) is 1. The molecule has 3 N–H and O–H groups in total. The smallest absolute Gasteiger partial charge is 0.458 e. The van der Waals surface area contributed by atoms with Crippen LogP contribution in [0.5, 0.6) is 0 Å². The van der Waals surface area contributed by atoms with Gasteiger partial charge in [0.15, 0.2) is 12.4 Å². The Morgan fingerprint density at radius 1 is 0.778 bits per heavy atom. The summed E-state index contributed by atoms with van der Waals surface area (Å²) in [5, 5.41) is 24.1. The second-order valence-electron chi connectivity index (χ2n) is 23.9. The molecule has 0 amide bonds. The number of rotatable bonds is 37. The number of hydrogen-bond acceptors (Lipinski definition) is 12. The van der Waals surface area contributed by atoms with Gasteiger partial charge in [-0.3, -0.25) is 28.2 Å². The molecule has 0 aliphatic heterocycles. The summed E-state index contributed by atoms with van der Waals surface area (Å²) in [6.07, 6.45) is 27.9. The maximum absolute atomic E-state index is 13.8. The third-order valence-electron chi connectivity index (χ3n) is 17.0. The predicted molar refractivity (Wildman–Crippen MR) is 281 cm³/mol. The second-order valence-corrected chi connectivity index (χ2v) is 25.4. The van der Waals surface area contributed by atoms with Crippen LogP contribution in [0.4, 0.5) is 0 Å². The van der Waals surface area contributed by atoms with Gasteiger partial charge in [0.2, 0.25) is 5.78 Å². The van der Waals surface area contributed by atoms with Crippen molar-refractivity contribution in [3.05, 3.63) is 23.8 Å². The Morgan fingerprint density at radius 3 is 1.92 bits per heavy atom. The van der Waals surface area contributed by atoms with E-state index in [1.165, 1.54) is 77.0 Å². The van der Waals surface area contributed by atoms with Gasteiger partial charge in [0.25, 0.3) is 0 Å². The first-order valence-electron chi connectivity index (χ1n) is 28.3. The van der Waals surface area contributed by atoms with Crippen molar-refractivity contribution in [2.45, 2.75) is 219 Å². The lowest BCUT2D eigenvalue weighted by atomic mass is 9.39. The first kappa shape index (κ1) is 62.3. The summed E-state index contributed by atoms with van der Waals surface area (Å²) in [6.45, 7) is 10.8. The van der Waals surface area contributed by atoms with Crippen LogP contribution in [-0.2, 0) is 47.0 Å². The zero-order valence-corrected chi connectivity index (χ0v) is 47.0. The average Bonchev–Trinajstić information content (AvgIpc) is 3.58. The fraction of sp³-hybridized carbons (Fsp3) is 0.860. The lowest BCUT2D eigenvalue weighted by molar-refractivity contribution is -0.870. The van der Waals surface area contributed by atoms with Crippen LogP contribution < -0.4 is 0 Å². The van der Waals surface area contributed by atoms with Gasteiger partial charge in [-0.25, -0.2) is 4.57 Å². The third kappa shape index (κ3) is 18.2. The third-order valence-corrected chi connectivity index (χ3v) is 18.0. The molecule has 0 saturated heterocycles. The van der Waals surface area contributed by atoms with E-state index in [0.29, 0.717) is 49.7 Å². The number of phosphoric acid groups is 1. The highest BCUT2D eigenvalue weighted by Gasteiger charge is 2.72. The van der Waals surface area contributed by atoms with Crippen molar-refractivity contribution in [2.24, 2.45) is 34.0 Å². The molecule has 0 radical (unpaired) electrons. The van der Waals surface area contributed by atoms with Crippen molar-refractivity contribution < 1.29 is 66.6 Å². The summed E-state index contributed by atoms with van der Waals surface area (Å²) in [5.41, 5.74) is -2.54. The highest BCUT2D eigenvalue weighted by atomic mass is 31.2. The first-order chi connectivity index (χ1) is 34.0. The minimum Gasteiger partial charge on any atom is -0.458 e. The molecule has 14 nitrogen and oxygen atoms in total. The SMILES string of the molecule is CCCCCCCCCCCCCCCCCOC[C@H](COP(=O)(O)OCC[N+](C)(C)C)OC(=O)CCCCCCCC(=O)OCC(=O)[C@]1(O)CC[C@@H]2[C@@]3(C)C[C@@H](C)C4=CC(=O)C=C[C@@]4(C)[C@@H]3[C@H](O)C[C@]21C. The van der Waals surface area contributed by atoms with Gasteiger partial charge in [-0.15, -0.1) is 0 Å². The minimum absolute atomic E-state index is 0.0266. The quantitative estimate of drug-likeness (QED) is 0.0231. The average molecular weight is 1040 g/mol. The van der Waals surface area contributed by atoms with E-state index in [9.17, 15) is 38.8 Å². The fourth-order valence-corrected chi connectivity index (χ4v) is 14.0. The van der Waals surface area contributed by atoms with Crippen molar-refractivity contribution in [2.75, 3.05) is 60.7 Å². The van der Waals surface area contributed by atoms with Crippen molar-refractivity contribution in [1.82, 2.24) is 0 Å². The van der Waals surface area contributed by atoms with Crippen LogP contribution in [0.1, 0.15) is 202 Å². The van der Waals surface area contributed by atoms with Gasteiger partial charge < -0.3 is 33.8 Å². The number of carbonyl (C=O) groups excluding carboxylic acids is 4. The number of unbranched alkanes of at least 4 members (excludes halogenated alkanes) is 18. The van der Waals surface area contributed by atoms with E-state index in [1.54, 1.807) is 12.2 Å². The Bertz CT molecular complexity index is 1830. The minimum atomic E-state index is -4.38. The highest BCUT2D eigenvalue weighted by Crippen LogP contribution is 2.72.